The Morgan fingerprint density at radius 2 is 1.71 bits per heavy atom. The first-order valence-electron chi connectivity index (χ1n) is 9.64. The fourth-order valence-corrected chi connectivity index (χ4v) is 3.38. The van der Waals surface area contributed by atoms with Crippen LogP contribution in [-0.2, 0) is 9.53 Å². The maximum absolute atomic E-state index is 12.7. The van der Waals surface area contributed by atoms with Crippen LogP contribution in [0.15, 0.2) is 34.9 Å². The second-order valence-electron chi connectivity index (χ2n) is 7.36. The van der Waals surface area contributed by atoms with Crippen molar-refractivity contribution in [3.05, 3.63) is 47.3 Å². The van der Waals surface area contributed by atoms with Gasteiger partial charge in [0.15, 0.2) is 11.9 Å². The highest BCUT2D eigenvalue weighted by molar-refractivity contribution is 5.94. The average Bonchev–Trinajstić information content (AvgIpc) is 3.10. The fourth-order valence-electron chi connectivity index (χ4n) is 3.38. The molecule has 3 rings (SSSR count). The van der Waals surface area contributed by atoms with Crippen molar-refractivity contribution < 1.29 is 18.8 Å². The molecule has 2 heterocycles. The zero-order chi connectivity index (χ0) is 20.3. The van der Waals surface area contributed by atoms with Crippen LogP contribution >= 0.6 is 0 Å². The maximum Gasteiger partial charge on any atom is 0.344 e. The van der Waals surface area contributed by atoms with Crippen LogP contribution in [0.25, 0.3) is 0 Å². The van der Waals surface area contributed by atoms with E-state index in [-0.39, 0.29) is 11.8 Å². The van der Waals surface area contributed by atoms with Gasteiger partial charge < -0.3 is 19.1 Å². The Hall–Kier alpha value is -2.83. The Morgan fingerprint density at radius 1 is 1.07 bits per heavy atom. The summed E-state index contributed by atoms with van der Waals surface area (Å²) in [5, 5.41) is 3.86. The minimum atomic E-state index is -0.856. The van der Waals surface area contributed by atoms with Gasteiger partial charge in [0, 0.05) is 37.8 Å². The fraction of sp³-hybridized carbons (Fsp3) is 0.476. The van der Waals surface area contributed by atoms with E-state index in [1.807, 2.05) is 32.0 Å². The number of piperazine rings is 1. The molecule has 2 aromatic rings. The van der Waals surface area contributed by atoms with Gasteiger partial charge >= 0.3 is 5.97 Å². The zero-order valence-electron chi connectivity index (χ0n) is 16.8. The number of aromatic nitrogens is 1. The smallest absolute Gasteiger partial charge is 0.344 e. The molecular formula is C21H27N3O4. The van der Waals surface area contributed by atoms with Crippen molar-refractivity contribution in [1.82, 2.24) is 10.1 Å². The van der Waals surface area contributed by atoms with Gasteiger partial charge in [-0.25, -0.2) is 4.79 Å². The number of nitrogens with zero attached hydrogens (tertiary/aromatic N) is 3. The summed E-state index contributed by atoms with van der Waals surface area (Å²) < 4.78 is 10.7. The summed E-state index contributed by atoms with van der Waals surface area (Å²) in [6.07, 6.45) is -0.856. The highest BCUT2D eigenvalue weighted by Gasteiger charge is 2.30. The first kappa shape index (κ1) is 19.9. The number of amides is 1. The molecule has 7 heteroatoms. The molecule has 1 fully saturated rings. The normalized spacial score (nSPS) is 15.6. The van der Waals surface area contributed by atoms with E-state index in [1.54, 1.807) is 18.7 Å². The van der Waals surface area contributed by atoms with Crippen molar-refractivity contribution in [3.8, 4) is 0 Å². The van der Waals surface area contributed by atoms with E-state index in [0.29, 0.717) is 30.1 Å². The van der Waals surface area contributed by atoms with E-state index < -0.39 is 12.1 Å². The van der Waals surface area contributed by atoms with Gasteiger partial charge in [-0.05, 0) is 26.0 Å². The number of hydrogen-bond donors (Lipinski definition) is 0. The molecule has 150 valence electrons. The van der Waals surface area contributed by atoms with Crippen LogP contribution in [0.2, 0.25) is 0 Å². The number of ether oxygens (including phenoxy) is 1. The van der Waals surface area contributed by atoms with Gasteiger partial charge in [-0.15, -0.1) is 0 Å². The molecule has 1 aliphatic rings. The Balaban J connectivity index is 1.58. The third-order valence-corrected chi connectivity index (χ3v) is 4.96. The SMILES string of the molecule is Cc1noc(C(C)C)c1C(=O)O[C@@H](C)C(=O)N1CCN(c2ccccc2)CC1. The number of aryl methyl sites for hydroxylation is 1. The molecule has 0 radical (unpaired) electrons. The van der Waals surface area contributed by atoms with Crippen molar-refractivity contribution in [2.45, 2.75) is 39.7 Å². The van der Waals surface area contributed by atoms with Crippen LogP contribution in [-0.4, -0.2) is 54.2 Å². The monoisotopic (exact) mass is 385 g/mol. The highest BCUT2D eigenvalue weighted by Crippen LogP contribution is 2.24. The third-order valence-electron chi connectivity index (χ3n) is 4.96. The Morgan fingerprint density at radius 3 is 2.32 bits per heavy atom. The number of hydrogen-bond acceptors (Lipinski definition) is 6. The van der Waals surface area contributed by atoms with Gasteiger partial charge in [-0.1, -0.05) is 37.2 Å². The Bertz CT molecular complexity index is 823. The predicted molar refractivity (Wildman–Crippen MR) is 105 cm³/mol. The standard InChI is InChI=1S/C21H27N3O4/c1-14(2)19-18(15(3)22-28-19)21(26)27-16(4)20(25)24-12-10-23(11-13-24)17-8-6-5-7-9-17/h5-9,14,16H,10-13H2,1-4H3/t16-/m0/s1. The molecule has 7 nitrogen and oxygen atoms in total. The molecule has 0 aliphatic carbocycles. The first-order valence-corrected chi connectivity index (χ1v) is 9.64. The van der Waals surface area contributed by atoms with E-state index in [0.717, 1.165) is 18.8 Å². The average molecular weight is 385 g/mol. The number of benzene rings is 1. The Labute approximate surface area is 165 Å². The van der Waals surface area contributed by atoms with E-state index in [2.05, 4.69) is 22.2 Å². The van der Waals surface area contributed by atoms with Crippen molar-refractivity contribution in [2.75, 3.05) is 31.1 Å². The van der Waals surface area contributed by atoms with E-state index in [1.165, 1.54) is 0 Å². The summed E-state index contributed by atoms with van der Waals surface area (Å²) in [7, 11) is 0. The summed E-state index contributed by atoms with van der Waals surface area (Å²) in [4.78, 5) is 29.3. The molecular weight excluding hydrogens is 358 g/mol. The van der Waals surface area contributed by atoms with Crippen molar-refractivity contribution >= 4 is 17.6 Å². The molecule has 1 aromatic carbocycles. The number of carbonyl (C=O) groups excluding carboxylic acids is 2. The maximum atomic E-state index is 12.7. The van der Waals surface area contributed by atoms with Crippen molar-refractivity contribution in [3.63, 3.8) is 0 Å². The molecule has 0 unspecified atom stereocenters. The van der Waals surface area contributed by atoms with Gasteiger partial charge in [0.2, 0.25) is 0 Å². The van der Waals surface area contributed by atoms with E-state index in [4.69, 9.17) is 9.26 Å². The lowest BCUT2D eigenvalue weighted by Gasteiger charge is -2.37. The van der Waals surface area contributed by atoms with Crippen molar-refractivity contribution in [1.29, 1.82) is 0 Å². The second kappa shape index (κ2) is 8.46. The molecule has 0 bridgehead atoms. The first-order chi connectivity index (χ1) is 13.4. The van der Waals surface area contributed by atoms with Crippen LogP contribution in [0.1, 0.15) is 48.5 Å². The molecule has 1 atom stereocenters. The van der Waals surface area contributed by atoms with Crippen molar-refractivity contribution in [2.24, 2.45) is 0 Å². The lowest BCUT2D eigenvalue weighted by molar-refractivity contribution is -0.140. The number of para-hydroxylation sites is 1. The largest absolute Gasteiger partial charge is 0.449 e. The molecule has 1 amide bonds. The third kappa shape index (κ3) is 4.18. The number of rotatable bonds is 5. The van der Waals surface area contributed by atoms with Crippen LogP contribution in [0.5, 0.6) is 0 Å². The van der Waals surface area contributed by atoms with E-state index in [9.17, 15) is 9.59 Å². The molecule has 0 spiro atoms. The lowest BCUT2D eigenvalue weighted by atomic mass is 10.1. The lowest BCUT2D eigenvalue weighted by Crippen LogP contribution is -2.51. The molecule has 1 saturated heterocycles. The van der Waals surface area contributed by atoms with E-state index >= 15 is 0 Å². The Kier molecular flexibility index (Phi) is 6.02. The summed E-state index contributed by atoms with van der Waals surface area (Å²) >= 11 is 0. The molecule has 28 heavy (non-hydrogen) atoms. The van der Waals surface area contributed by atoms with Gasteiger partial charge in [0.1, 0.15) is 5.56 Å². The van der Waals surface area contributed by atoms with Gasteiger partial charge in [-0.2, -0.15) is 0 Å². The van der Waals surface area contributed by atoms with Gasteiger partial charge in [-0.3, -0.25) is 4.79 Å². The highest BCUT2D eigenvalue weighted by atomic mass is 16.5. The molecule has 1 aromatic heterocycles. The predicted octanol–water partition coefficient (Wildman–Crippen LogP) is 3.00. The summed E-state index contributed by atoms with van der Waals surface area (Å²) in [6.45, 7) is 9.83. The summed E-state index contributed by atoms with van der Waals surface area (Å²) in [5.74, 6) is -0.257. The second-order valence-corrected chi connectivity index (χ2v) is 7.36. The molecule has 0 saturated carbocycles. The summed E-state index contributed by atoms with van der Waals surface area (Å²) in [6, 6.07) is 10.1. The topological polar surface area (TPSA) is 75.9 Å². The quantitative estimate of drug-likeness (QED) is 0.737. The van der Waals surface area contributed by atoms with Gasteiger partial charge in [0.05, 0.1) is 5.69 Å². The molecule has 0 N–H and O–H groups in total. The minimum absolute atomic E-state index is 0.000761. The number of anilines is 1. The number of esters is 1. The molecule has 1 aliphatic heterocycles. The van der Waals surface area contributed by atoms with Crippen LogP contribution in [0.4, 0.5) is 5.69 Å². The van der Waals surface area contributed by atoms with Crippen LogP contribution < -0.4 is 4.90 Å². The summed E-state index contributed by atoms with van der Waals surface area (Å²) in [5.41, 5.74) is 1.95. The minimum Gasteiger partial charge on any atom is -0.449 e. The van der Waals surface area contributed by atoms with Gasteiger partial charge in [0.25, 0.3) is 5.91 Å². The van der Waals surface area contributed by atoms with Crippen LogP contribution in [0, 0.1) is 6.92 Å². The van der Waals surface area contributed by atoms with Crippen LogP contribution in [0.3, 0.4) is 0 Å². The zero-order valence-corrected chi connectivity index (χ0v) is 16.8. The number of carbonyl (C=O) groups is 2.